The van der Waals surface area contributed by atoms with Gasteiger partial charge in [-0.25, -0.2) is 9.89 Å². The Morgan fingerprint density at radius 2 is 2.13 bits per heavy atom. The van der Waals surface area contributed by atoms with E-state index in [1.54, 1.807) is 11.8 Å². The lowest BCUT2D eigenvalue weighted by Gasteiger charge is -2.21. The molecule has 0 aliphatic rings. The van der Waals surface area contributed by atoms with Crippen LogP contribution in [0.5, 0.6) is 0 Å². The topological polar surface area (TPSA) is 90.6 Å². The molecule has 0 amide bonds. The smallest absolute Gasteiger partial charge is 0.342 e. The summed E-state index contributed by atoms with van der Waals surface area (Å²) in [6.07, 6.45) is 1.99. The number of rotatable bonds is 4. The second-order valence-corrected chi connectivity index (χ2v) is 5.19. The fourth-order valence-corrected chi connectivity index (χ4v) is 1.05. The average Bonchev–Trinajstić information content (AvgIpc) is 2.16. The van der Waals surface area contributed by atoms with Gasteiger partial charge < -0.3 is 5.32 Å². The summed E-state index contributed by atoms with van der Waals surface area (Å²) in [4.78, 5) is 24.0. The van der Waals surface area contributed by atoms with Gasteiger partial charge in [-0.15, -0.1) is 5.10 Å². The molecule has 3 N–H and O–H groups in total. The lowest BCUT2D eigenvalue weighted by Crippen LogP contribution is -2.32. The van der Waals surface area contributed by atoms with Crippen LogP contribution in [0, 0.1) is 0 Å². The van der Waals surface area contributed by atoms with Gasteiger partial charge >= 0.3 is 5.69 Å². The van der Waals surface area contributed by atoms with Crippen LogP contribution >= 0.6 is 11.8 Å². The van der Waals surface area contributed by atoms with Crippen LogP contribution in [-0.4, -0.2) is 32.7 Å². The molecule has 0 saturated heterocycles. The number of hydrogen-bond acceptors (Lipinski definition) is 5. The van der Waals surface area contributed by atoms with Gasteiger partial charge in [0.15, 0.2) is 0 Å². The highest BCUT2D eigenvalue weighted by Gasteiger charge is 2.16. The molecular formula is C8H14N4O2S. The molecule has 84 valence electrons. The number of anilines is 1. The lowest BCUT2D eigenvalue weighted by atomic mass is 10.2. The zero-order chi connectivity index (χ0) is 11.5. The predicted octanol–water partition coefficient (Wildman–Crippen LogP) is 0.0117. The van der Waals surface area contributed by atoms with Gasteiger partial charge in [0.25, 0.3) is 5.56 Å². The predicted molar refractivity (Wildman–Crippen MR) is 61.6 cm³/mol. The molecular weight excluding hydrogens is 216 g/mol. The first-order chi connectivity index (χ1) is 6.94. The van der Waals surface area contributed by atoms with Crippen molar-refractivity contribution in [1.82, 2.24) is 15.2 Å². The molecule has 0 fully saturated rings. The van der Waals surface area contributed by atoms with Gasteiger partial charge in [-0.1, -0.05) is 0 Å². The average molecular weight is 230 g/mol. The van der Waals surface area contributed by atoms with E-state index >= 15 is 0 Å². The SMILES string of the molecule is CSC(C)(C)CNc1n[nH]c(=O)[nH]c1=O. The van der Waals surface area contributed by atoms with E-state index in [1.807, 2.05) is 20.1 Å². The first kappa shape index (κ1) is 11.8. The first-order valence-corrected chi connectivity index (χ1v) is 5.65. The van der Waals surface area contributed by atoms with Crippen molar-refractivity contribution in [3.05, 3.63) is 20.8 Å². The van der Waals surface area contributed by atoms with Crippen molar-refractivity contribution in [2.75, 3.05) is 18.1 Å². The highest BCUT2D eigenvalue weighted by atomic mass is 32.2. The highest BCUT2D eigenvalue weighted by molar-refractivity contribution is 7.99. The summed E-state index contributed by atoms with van der Waals surface area (Å²) in [6, 6.07) is 0. The van der Waals surface area contributed by atoms with Gasteiger partial charge in [0.2, 0.25) is 5.82 Å². The summed E-state index contributed by atoms with van der Waals surface area (Å²) in [7, 11) is 0. The molecule has 0 saturated carbocycles. The molecule has 7 heteroatoms. The monoisotopic (exact) mass is 230 g/mol. The van der Waals surface area contributed by atoms with E-state index in [-0.39, 0.29) is 10.6 Å². The number of thioether (sulfide) groups is 1. The molecule has 0 radical (unpaired) electrons. The van der Waals surface area contributed by atoms with Gasteiger partial charge in [-0.2, -0.15) is 11.8 Å². The maximum atomic E-state index is 11.2. The van der Waals surface area contributed by atoms with Crippen molar-refractivity contribution >= 4 is 17.6 Å². The Bertz CT molecular complexity index is 437. The zero-order valence-corrected chi connectivity index (χ0v) is 9.70. The van der Waals surface area contributed by atoms with E-state index in [0.29, 0.717) is 6.54 Å². The minimum Gasteiger partial charge on any atom is -0.363 e. The molecule has 0 aromatic carbocycles. The molecule has 1 heterocycles. The standard InChI is InChI=1S/C8H14N4O2S/c1-8(2,15-3)4-9-5-6(13)10-7(14)12-11-5/h4H2,1-3H3,(H,9,11)(H2,10,12,13,14). The quantitative estimate of drug-likeness (QED) is 0.678. The third kappa shape index (κ3) is 3.43. The van der Waals surface area contributed by atoms with E-state index in [1.165, 1.54) is 0 Å². The molecule has 0 aliphatic carbocycles. The summed E-state index contributed by atoms with van der Waals surface area (Å²) < 4.78 is 0.00422. The largest absolute Gasteiger partial charge is 0.363 e. The number of nitrogens with one attached hydrogen (secondary N) is 3. The Labute approximate surface area is 90.9 Å². The molecule has 1 aromatic heterocycles. The van der Waals surface area contributed by atoms with Crippen LogP contribution in [0.25, 0.3) is 0 Å². The van der Waals surface area contributed by atoms with Crippen molar-refractivity contribution < 1.29 is 0 Å². The van der Waals surface area contributed by atoms with Crippen molar-refractivity contribution in [3.63, 3.8) is 0 Å². The Morgan fingerprint density at radius 3 is 2.67 bits per heavy atom. The zero-order valence-electron chi connectivity index (χ0n) is 8.88. The summed E-state index contributed by atoms with van der Waals surface area (Å²) in [5.74, 6) is 0.136. The molecule has 0 unspecified atom stereocenters. The molecule has 6 nitrogen and oxygen atoms in total. The van der Waals surface area contributed by atoms with Crippen LogP contribution in [0.4, 0.5) is 5.82 Å². The fourth-order valence-electron chi connectivity index (χ4n) is 0.836. The van der Waals surface area contributed by atoms with Crippen LogP contribution in [0.3, 0.4) is 0 Å². The van der Waals surface area contributed by atoms with E-state index in [4.69, 9.17) is 0 Å². The Morgan fingerprint density at radius 1 is 1.47 bits per heavy atom. The van der Waals surface area contributed by atoms with Gasteiger partial charge in [0, 0.05) is 11.3 Å². The molecule has 15 heavy (non-hydrogen) atoms. The Kier molecular flexibility index (Phi) is 3.57. The third-order valence-corrected chi connectivity index (χ3v) is 3.20. The summed E-state index contributed by atoms with van der Waals surface area (Å²) >= 11 is 1.68. The van der Waals surface area contributed by atoms with Crippen LogP contribution in [0.15, 0.2) is 9.59 Å². The normalized spacial score (nSPS) is 11.4. The minimum atomic E-state index is -0.602. The van der Waals surface area contributed by atoms with Crippen LogP contribution in [0.2, 0.25) is 0 Å². The third-order valence-electron chi connectivity index (χ3n) is 1.95. The van der Waals surface area contributed by atoms with Crippen LogP contribution < -0.4 is 16.6 Å². The van der Waals surface area contributed by atoms with Crippen LogP contribution in [-0.2, 0) is 0 Å². The van der Waals surface area contributed by atoms with Crippen molar-refractivity contribution in [2.24, 2.45) is 0 Å². The molecule has 1 rings (SSSR count). The number of aromatic amines is 2. The van der Waals surface area contributed by atoms with Crippen molar-refractivity contribution in [2.45, 2.75) is 18.6 Å². The van der Waals surface area contributed by atoms with E-state index in [0.717, 1.165) is 0 Å². The summed E-state index contributed by atoms with van der Waals surface area (Å²) in [6.45, 7) is 4.69. The van der Waals surface area contributed by atoms with Gasteiger partial charge in [-0.05, 0) is 20.1 Å². The molecule has 0 spiro atoms. The molecule has 1 aromatic rings. The Balaban J connectivity index is 2.75. The Hall–Kier alpha value is -1.24. The maximum absolute atomic E-state index is 11.2. The summed E-state index contributed by atoms with van der Waals surface area (Å²) in [5.41, 5.74) is -1.11. The second-order valence-electron chi connectivity index (χ2n) is 3.67. The van der Waals surface area contributed by atoms with E-state index in [9.17, 15) is 9.59 Å². The van der Waals surface area contributed by atoms with E-state index < -0.39 is 11.2 Å². The fraction of sp³-hybridized carbons (Fsp3) is 0.625. The molecule has 0 atom stereocenters. The number of nitrogens with zero attached hydrogens (tertiary/aromatic N) is 1. The number of aromatic nitrogens is 3. The highest BCUT2D eigenvalue weighted by Crippen LogP contribution is 2.20. The molecule has 0 bridgehead atoms. The second kappa shape index (κ2) is 4.52. The number of hydrogen-bond donors (Lipinski definition) is 3. The van der Waals surface area contributed by atoms with E-state index in [2.05, 4.69) is 20.5 Å². The van der Waals surface area contributed by atoms with Gasteiger partial charge in [-0.3, -0.25) is 9.78 Å². The van der Waals surface area contributed by atoms with Crippen molar-refractivity contribution in [3.8, 4) is 0 Å². The lowest BCUT2D eigenvalue weighted by molar-refractivity contribution is 0.743. The molecule has 0 aliphatic heterocycles. The van der Waals surface area contributed by atoms with Gasteiger partial charge in [0.1, 0.15) is 0 Å². The summed E-state index contributed by atoms with van der Waals surface area (Å²) in [5, 5.41) is 8.66. The number of H-pyrrole nitrogens is 2. The minimum absolute atomic E-state index is 0.00422. The van der Waals surface area contributed by atoms with Crippen molar-refractivity contribution in [1.29, 1.82) is 0 Å². The van der Waals surface area contributed by atoms with Gasteiger partial charge in [0.05, 0.1) is 0 Å². The van der Waals surface area contributed by atoms with Crippen LogP contribution in [0.1, 0.15) is 13.8 Å². The maximum Gasteiger partial charge on any atom is 0.342 e. The first-order valence-electron chi connectivity index (χ1n) is 4.42.